The minimum atomic E-state index is -0.537. The number of methoxy groups -OCH3 is 1. The normalized spacial score (nSPS) is 21.7. The summed E-state index contributed by atoms with van der Waals surface area (Å²) in [7, 11) is 1.73. The van der Waals surface area contributed by atoms with Crippen LogP contribution in [0.15, 0.2) is 48.5 Å². The smallest absolute Gasteiger partial charge is 0.122 e. The number of aliphatic hydroxyl groups excluding tert-OH is 1. The Morgan fingerprint density at radius 1 is 1.20 bits per heavy atom. The summed E-state index contributed by atoms with van der Waals surface area (Å²) in [5.74, 6) is 1.48. The van der Waals surface area contributed by atoms with Crippen molar-refractivity contribution in [3.8, 4) is 5.75 Å². The molecule has 0 saturated heterocycles. The van der Waals surface area contributed by atoms with Gasteiger partial charge in [-0.1, -0.05) is 48.4 Å². The van der Waals surface area contributed by atoms with Crippen LogP contribution in [0.1, 0.15) is 48.8 Å². The number of nitrogens with one attached hydrogen (secondary N) is 1. The Kier molecular flexibility index (Phi) is 6.35. The van der Waals surface area contributed by atoms with Gasteiger partial charge in [0.2, 0.25) is 0 Å². The van der Waals surface area contributed by atoms with Crippen LogP contribution in [0.25, 0.3) is 0 Å². The van der Waals surface area contributed by atoms with E-state index in [2.05, 4.69) is 17.4 Å². The van der Waals surface area contributed by atoms with Gasteiger partial charge in [-0.3, -0.25) is 0 Å². The van der Waals surface area contributed by atoms with Crippen molar-refractivity contribution in [3.63, 3.8) is 0 Å². The third kappa shape index (κ3) is 4.75. The van der Waals surface area contributed by atoms with Crippen molar-refractivity contribution < 1.29 is 9.84 Å². The molecule has 2 aromatic rings. The van der Waals surface area contributed by atoms with E-state index in [-0.39, 0.29) is 0 Å². The molecule has 134 valence electrons. The maximum Gasteiger partial charge on any atom is 0.122 e. The number of rotatable bonds is 6. The molecule has 0 heterocycles. The van der Waals surface area contributed by atoms with E-state index in [0.717, 1.165) is 24.2 Å². The van der Waals surface area contributed by atoms with Crippen molar-refractivity contribution >= 4 is 11.6 Å². The van der Waals surface area contributed by atoms with E-state index in [1.54, 1.807) is 7.11 Å². The summed E-state index contributed by atoms with van der Waals surface area (Å²) in [5, 5.41) is 14.6. The molecule has 2 aromatic carbocycles. The highest BCUT2D eigenvalue weighted by Crippen LogP contribution is 2.37. The largest absolute Gasteiger partial charge is 0.496 e. The lowest BCUT2D eigenvalue weighted by Gasteiger charge is -2.31. The molecule has 0 amide bonds. The van der Waals surface area contributed by atoms with Crippen molar-refractivity contribution in [1.82, 2.24) is 5.32 Å². The fourth-order valence-electron chi connectivity index (χ4n) is 3.77. The van der Waals surface area contributed by atoms with Crippen molar-refractivity contribution in [3.05, 3.63) is 64.7 Å². The van der Waals surface area contributed by atoms with E-state index in [0.29, 0.717) is 23.5 Å². The van der Waals surface area contributed by atoms with Gasteiger partial charge in [-0.25, -0.2) is 0 Å². The summed E-state index contributed by atoms with van der Waals surface area (Å²) in [5.41, 5.74) is 2.16. The molecule has 4 heteroatoms. The van der Waals surface area contributed by atoms with Gasteiger partial charge in [0.15, 0.2) is 0 Å². The second kappa shape index (κ2) is 8.70. The van der Waals surface area contributed by atoms with E-state index in [4.69, 9.17) is 16.3 Å². The third-order valence-corrected chi connectivity index (χ3v) is 5.32. The van der Waals surface area contributed by atoms with Crippen LogP contribution >= 0.6 is 11.6 Å². The molecule has 0 spiro atoms. The maximum absolute atomic E-state index is 10.4. The molecule has 3 atom stereocenters. The zero-order chi connectivity index (χ0) is 17.6. The summed E-state index contributed by atoms with van der Waals surface area (Å²) in [6, 6.07) is 16.2. The number of para-hydroxylation sites is 1. The van der Waals surface area contributed by atoms with Gasteiger partial charge in [-0.2, -0.15) is 0 Å². The number of aliphatic hydroxyl groups is 1. The van der Waals surface area contributed by atoms with E-state index < -0.39 is 6.10 Å². The van der Waals surface area contributed by atoms with Gasteiger partial charge in [0.05, 0.1) is 13.2 Å². The third-order valence-electron chi connectivity index (χ3n) is 5.09. The predicted octanol–water partition coefficient (Wildman–Crippen LogP) is 4.70. The summed E-state index contributed by atoms with van der Waals surface area (Å²) >= 11 is 6.01. The lowest BCUT2D eigenvalue weighted by Crippen LogP contribution is -2.36. The number of ether oxygens (including phenoxy) is 1. The van der Waals surface area contributed by atoms with Crippen LogP contribution in [0.2, 0.25) is 5.02 Å². The van der Waals surface area contributed by atoms with Gasteiger partial charge in [0.1, 0.15) is 5.75 Å². The Morgan fingerprint density at radius 3 is 2.84 bits per heavy atom. The standard InChI is InChI=1S/C21H26ClNO2/c1-25-21-11-3-2-10-19(21)15-6-5-9-18(13-15)23-14-20(24)16-7-4-8-17(22)12-16/h2-4,7-8,10-12,15,18,20,23-24H,5-6,9,13-14H2,1H3/t15-,18+,20-/m0/s1. The highest BCUT2D eigenvalue weighted by atomic mass is 35.5. The molecule has 25 heavy (non-hydrogen) atoms. The van der Waals surface area contributed by atoms with Gasteiger partial charge < -0.3 is 15.2 Å². The highest BCUT2D eigenvalue weighted by molar-refractivity contribution is 6.30. The molecule has 0 aromatic heterocycles. The van der Waals surface area contributed by atoms with E-state index in [1.165, 1.54) is 18.4 Å². The van der Waals surface area contributed by atoms with Crippen LogP contribution in [0.5, 0.6) is 5.75 Å². The van der Waals surface area contributed by atoms with Gasteiger partial charge in [0.25, 0.3) is 0 Å². The monoisotopic (exact) mass is 359 g/mol. The molecule has 0 aliphatic heterocycles. The van der Waals surface area contributed by atoms with Crippen molar-refractivity contribution in [2.24, 2.45) is 0 Å². The van der Waals surface area contributed by atoms with Crippen molar-refractivity contribution in [2.75, 3.05) is 13.7 Å². The Balaban J connectivity index is 1.58. The van der Waals surface area contributed by atoms with Crippen LogP contribution in [0.4, 0.5) is 0 Å². The minimum absolute atomic E-state index is 0.414. The van der Waals surface area contributed by atoms with Crippen LogP contribution in [0.3, 0.4) is 0 Å². The maximum atomic E-state index is 10.4. The molecule has 3 rings (SSSR count). The summed E-state index contributed by atoms with van der Waals surface area (Å²) < 4.78 is 5.53. The van der Waals surface area contributed by atoms with Gasteiger partial charge in [0, 0.05) is 17.6 Å². The molecule has 1 saturated carbocycles. The first-order valence-electron chi connectivity index (χ1n) is 8.97. The van der Waals surface area contributed by atoms with Gasteiger partial charge >= 0.3 is 0 Å². The van der Waals surface area contributed by atoms with E-state index in [9.17, 15) is 5.11 Å². The van der Waals surface area contributed by atoms with Crippen LogP contribution in [-0.2, 0) is 0 Å². The molecule has 0 radical (unpaired) electrons. The fraction of sp³-hybridized carbons (Fsp3) is 0.429. The average Bonchev–Trinajstić information content (AvgIpc) is 2.66. The molecule has 0 unspecified atom stereocenters. The average molecular weight is 360 g/mol. The molecule has 3 nitrogen and oxygen atoms in total. The Bertz CT molecular complexity index is 691. The number of hydrogen-bond donors (Lipinski definition) is 2. The molecule has 0 bridgehead atoms. The highest BCUT2D eigenvalue weighted by Gasteiger charge is 2.25. The van der Waals surface area contributed by atoms with Crippen LogP contribution in [-0.4, -0.2) is 24.8 Å². The summed E-state index contributed by atoms with van der Waals surface area (Å²) in [4.78, 5) is 0. The molecule has 1 aliphatic rings. The van der Waals surface area contributed by atoms with Crippen molar-refractivity contribution in [2.45, 2.75) is 43.7 Å². The zero-order valence-electron chi connectivity index (χ0n) is 14.6. The van der Waals surface area contributed by atoms with E-state index in [1.807, 2.05) is 36.4 Å². The molecule has 1 aliphatic carbocycles. The number of benzene rings is 2. The molecule has 2 N–H and O–H groups in total. The van der Waals surface area contributed by atoms with Gasteiger partial charge in [-0.05, 0) is 54.5 Å². The second-order valence-electron chi connectivity index (χ2n) is 6.78. The lowest BCUT2D eigenvalue weighted by atomic mass is 9.81. The first kappa shape index (κ1) is 18.2. The summed E-state index contributed by atoms with van der Waals surface area (Å²) in [6.07, 6.45) is 4.06. The minimum Gasteiger partial charge on any atom is -0.496 e. The predicted molar refractivity (Wildman–Crippen MR) is 102 cm³/mol. The fourth-order valence-corrected chi connectivity index (χ4v) is 3.97. The lowest BCUT2D eigenvalue weighted by molar-refractivity contribution is 0.164. The Labute approximate surface area is 155 Å². The topological polar surface area (TPSA) is 41.5 Å². The van der Waals surface area contributed by atoms with Crippen molar-refractivity contribution in [1.29, 1.82) is 0 Å². The summed E-state index contributed by atoms with van der Waals surface area (Å²) in [6.45, 7) is 0.545. The zero-order valence-corrected chi connectivity index (χ0v) is 15.4. The SMILES string of the molecule is COc1ccccc1[C@H]1CCC[C@@H](NC[C@H](O)c2cccc(Cl)c2)C1. The Hall–Kier alpha value is -1.55. The van der Waals surface area contributed by atoms with Gasteiger partial charge in [-0.15, -0.1) is 0 Å². The molecular weight excluding hydrogens is 334 g/mol. The number of hydrogen-bond acceptors (Lipinski definition) is 3. The first-order chi connectivity index (χ1) is 12.2. The first-order valence-corrected chi connectivity index (χ1v) is 9.35. The van der Waals surface area contributed by atoms with Crippen LogP contribution in [0, 0.1) is 0 Å². The number of halogens is 1. The van der Waals surface area contributed by atoms with Crippen LogP contribution < -0.4 is 10.1 Å². The molecular formula is C21H26ClNO2. The molecule has 1 fully saturated rings. The second-order valence-corrected chi connectivity index (χ2v) is 7.22. The Morgan fingerprint density at radius 2 is 2.04 bits per heavy atom. The quantitative estimate of drug-likeness (QED) is 0.785. The van der Waals surface area contributed by atoms with E-state index >= 15 is 0 Å².